The molecule has 112 valence electrons. The number of carboxylic acids is 1. The van der Waals surface area contributed by atoms with Crippen LogP contribution in [-0.4, -0.2) is 25.6 Å². The molecule has 0 aliphatic heterocycles. The van der Waals surface area contributed by atoms with Gasteiger partial charge in [0.15, 0.2) is 5.65 Å². The number of hydrogen-bond donors (Lipinski definition) is 1. The molecule has 0 saturated heterocycles. The molecule has 5 heteroatoms. The molecule has 1 atom stereocenters. The van der Waals surface area contributed by atoms with Crippen molar-refractivity contribution < 1.29 is 9.90 Å². The minimum absolute atomic E-state index is 0.468. The number of benzene rings is 1. The van der Waals surface area contributed by atoms with Crippen LogP contribution >= 0.6 is 0 Å². The van der Waals surface area contributed by atoms with E-state index in [0.29, 0.717) is 17.9 Å². The standard InChI is InChI=1S/C17H17N3O2/c1-3-14(17(21)22)20-15(12-7-5-4-6-8-12)19-13-9-11(2)10-18-16(13)20/h4-10,14H,3H2,1-2H3,(H,21,22). The Balaban J connectivity index is 2.33. The number of aryl methyl sites for hydroxylation is 1. The maximum atomic E-state index is 11.6. The zero-order valence-corrected chi connectivity index (χ0v) is 12.5. The van der Waals surface area contributed by atoms with Gasteiger partial charge in [-0.25, -0.2) is 14.8 Å². The molecule has 2 heterocycles. The summed E-state index contributed by atoms with van der Waals surface area (Å²) in [7, 11) is 0. The summed E-state index contributed by atoms with van der Waals surface area (Å²) in [4.78, 5) is 20.7. The second-order valence-electron chi connectivity index (χ2n) is 5.29. The zero-order valence-electron chi connectivity index (χ0n) is 12.5. The molecule has 0 bridgehead atoms. The van der Waals surface area contributed by atoms with E-state index in [2.05, 4.69) is 9.97 Å². The molecule has 0 fully saturated rings. The SMILES string of the molecule is CCC(C(=O)O)n1c(-c2ccccc2)nc2cc(C)cnc21. The summed E-state index contributed by atoms with van der Waals surface area (Å²) in [6.07, 6.45) is 2.21. The Hall–Kier alpha value is -2.69. The van der Waals surface area contributed by atoms with E-state index in [1.807, 2.05) is 50.2 Å². The molecular formula is C17H17N3O2. The first kappa shape index (κ1) is 14.3. The summed E-state index contributed by atoms with van der Waals surface area (Å²) in [5.41, 5.74) is 3.22. The first-order chi connectivity index (χ1) is 10.6. The van der Waals surface area contributed by atoms with Gasteiger partial charge in [-0.15, -0.1) is 0 Å². The first-order valence-electron chi connectivity index (χ1n) is 7.24. The van der Waals surface area contributed by atoms with Crippen LogP contribution in [0.2, 0.25) is 0 Å². The fourth-order valence-corrected chi connectivity index (χ4v) is 2.64. The number of nitrogens with zero attached hydrogens (tertiary/aromatic N) is 3. The van der Waals surface area contributed by atoms with Gasteiger partial charge in [-0.3, -0.25) is 4.57 Å². The van der Waals surface area contributed by atoms with Crippen molar-refractivity contribution in [3.8, 4) is 11.4 Å². The third-order valence-electron chi connectivity index (χ3n) is 3.68. The summed E-state index contributed by atoms with van der Waals surface area (Å²) in [5, 5.41) is 9.55. The number of carboxylic acid groups (broad SMARTS) is 1. The van der Waals surface area contributed by atoms with Crippen molar-refractivity contribution in [2.24, 2.45) is 0 Å². The summed E-state index contributed by atoms with van der Waals surface area (Å²) in [5.74, 6) is -0.232. The van der Waals surface area contributed by atoms with E-state index in [4.69, 9.17) is 0 Å². The quantitative estimate of drug-likeness (QED) is 0.800. The van der Waals surface area contributed by atoms with Crippen molar-refractivity contribution in [3.63, 3.8) is 0 Å². The van der Waals surface area contributed by atoms with Crippen LogP contribution in [0.3, 0.4) is 0 Å². The van der Waals surface area contributed by atoms with Gasteiger partial charge in [0.25, 0.3) is 0 Å². The highest BCUT2D eigenvalue weighted by atomic mass is 16.4. The second-order valence-corrected chi connectivity index (χ2v) is 5.29. The van der Waals surface area contributed by atoms with Crippen molar-refractivity contribution in [1.82, 2.24) is 14.5 Å². The Kier molecular flexibility index (Phi) is 3.63. The fraction of sp³-hybridized carbons (Fsp3) is 0.235. The Bertz CT molecular complexity index is 825. The van der Waals surface area contributed by atoms with Crippen molar-refractivity contribution >= 4 is 17.1 Å². The molecule has 2 aromatic heterocycles. The Morgan fingerprint density at radius 3 is 2.68 bits per heavy atom. The molecule has 5 nitrogen and oxygen atoms in total. The van der Waals surface area contributed by atoms with Gasteiger partial charge in [-0.05, 0) is 25.0 Å². The minimum atomic E-state index is -0.874. The molecule has 0 spiro atoms. The highest BCUT2D eigenvalue weighted by Crippen LogP contribution is 2.29. The fourth-order valence-electron chi connectivity index (χ4n) is 2.64. The van der Waals surface area contributed by atoms with Crippen molar-refractivity contribution in [2.45, 2.75) is 26.3 Å². The van der Waals surface area contributed by atoms with E-state index < -0.39 is 12.0 Å². The lowest BCUT2D eigenvalue weighted by molar-refractivity contribution is -0.140. The minimum Gasteiger partial charge on any atom is -0.480 e. The van der Waals surface area contributed by atoms with Crippen LogP contribution in [0, 0.1) is 6.92 Å². The molecule has 3 aromatic rings. The molecule has 1 N–H and O–H groups in total. The van der Waals surface area contributed by atoms with Gasteiger partial charge in [0.2, 0.25) is 0 Å². The predicted octanol–water partition coefficient (Wildman–Crippen LogP) is 3.44. The summed E-state index contributed by atoms with van der Waals surface area (Å²) >= 11 is 0. The number of aromatic nitrogens is 3. The van der Waals surface area contributed by atoms with Crippen LogP contribution in [0.4, 0.5) is 0 Å². The number of carbonyl (C=O) groups is 1. The summed E-state index contributed by atoms with van der Waals surface area (Å²) in [6, 6.07) is 10.9. The van der Waals surface area contributed by atoms with E-state index in [-0.39, 0.29) is 0 Å². The van der Waals surface area contributed by atoms with E-state index in [9.17, 15) is 9.90 Å². The van der Waals surface area contributed by atoms with Crippen LogP contribution in [-0.2, 0) is 4.79 Å². The smallest absolute Gasteiger partial charge is 0.326 e. The third-order valence-corrected chi connectivity index (χ3v) is 3.68. The van der Waals surface area contributed by atoms with Crippen LogP contribution in [0.1, 0.15) is 24.9 Å². The molecule has 3 rings (SSSR count). The topological polar surface area (TPSA) is 68.0 Å². The van der Waals surface area contributed by atoms with Crippen LogP contribution in [0.25, 0.3) is 22.6 Å². The zero-order chi connectivity index (χ0) is 15.7. The average Bonchev–Trinajstić information content (AvgIpc) is 2.87. The molecule has 1 aromatic carbocycles. The van der Waals surface area contributed by atoms with E-state index in [0.717, 1.165) is 16.6 Å². The number of rotatable bonds is 4. The maximum absolute atomic E-state index is 11.6. The lowest BCUT2D eigenvalue weighted by Gasteiger charge is -2.15. The molecule has 22 heavy (non-hydrogen) atoms. The highest BCUT2D eigenvalue weighted by molar-refractivity contribution is 5.82. The molecule has 1 unspecified atom stereocenters. The molecule has 0 amide bonds. The Morgan fingerprint density at radius 1 is 1.32 bits per heavy atom. The Labute approximate surface area is 128 Å². The maximum Gasteiger partial charge on any atom is 0.326 e. The monoisotopic (exact) mass is 295 g/mol. The summed E-state index contributed by atoms with van der Waals surface area (Å²) in [6.45, 7) is 3.80. The van der Waals surface area contributed by atoms with E-state index >= 15 is 0 Å². The van der Waals surface area contributed by atoms with Gasteiger partial charge in [-0.1, -0.05) is 37.3 Å². The lowest BCUT2D eigenvalue weighted by atomic mass is 10.1. The number of imidazole rings is 1. The van der Waals surface area contributed by atoms with E-state index in [1.165, 1.54) is 0 Å². The van der Waals surface area contributed by atoms with Gasteiger partial charge < -0.3 is 5.11 Å². The van der Waals surface area contributed by atoms with E-state index in [1.54, 1.807) is 10.8 Å². The number of pyridine rings is 1. The van der Waals surface area contributed by atoms with Gasteiger partial charge in [-0.2, -0.15) is 0 Å². The average molecular weight is 295 g/mol. The van der Waals surface area contributed by atoms with Gasteiger partial charge in [0.1, 0.15) is 17.4 Å². The largest absolute Gasteiger partial charge is 0.480 e. The number of aliphatic carboxylic acids is 1. The molecule has 0 aliphatic carbocycles. The van der Waals surface area contributed by atoms with Gasteiger partial charge >= 0.3 is 5.97 Å². The molecule has 0 aliphatic rings. The third kappa shape index (κ3) is 2.35. The summed E-state index contributed by atoms with van der Waals surface area (Å²) < 4.78 is 1.73. The van der Waals surface area contributed by atoms with Gasteiger partial charge in [0.05, 0.1) is 0 Å². The molecular weight excluding hydrogens is 278 g/mol. The molecule has 0 radical (unpaired) electrons. The normalized spacial score (nSPS) is 12.5. The van der Waals surface area contributed by atoms with Crippen molar-refractivity contribution in [3.05, 3.63) is 48.2 Å². The highest BCUT2D eigenvalue weighted by Gasteiger charge is 2.25. The van der Waals surface area contributed by atoms with Crippen molar-refractivity contribution in [2.75, 3.05) is 0 Å². The predicted molar refractivity (Wildman–Crippen MR) is 84.7 cm³/mol. The Morgan fingerprint density at radius 2 is 2.05 bits per heavy atom. The van der Waals surface area contributed by atoms with Crippen LogP contribution in [0.5, 0.6) is 0 Å². The van der Waals surface area contributed by atoms with Gasteiger partial charge in [0, 0.05) is 11.8 Å². The number of fused-ring (bicyclic) bond motifs is 1. The first-order valence-corrected chi connectivity index (χ1v) is 7.24. The lowest BCUT2D eigenvalue weighted by Crippen LogP contribution is -2.19. The van der Waals surface area contributed by atoms with Crippen LogP contribution in [0.15, 0.2) is 42.6 Å². The number of hydrogen-bond acceptors (Lipinski definition) is 3. The second kappa shape index (κ2) is 5.60. The van der Waals surface area contributed by atoms with Crippen LogP contribution < -0.4 is 0 Å². The van der Waals surface area contributed by atoms with Crippen molar-refractivity contribution in [1.29, 1.82) is 0 Å². The molecule has 0 saturated carbocycles.